The van der Waals surface area contributed by atoms with Crippen LogP contribution in [0.4, 0.5) is 0 Å². The second kappa shape index (κ2) is 8.39. The molecular weight excluding hydrogens is 310 g/mol. The molecule has 1 N–H and O–H groups in total. The van der Waals surface area contributed by atoms with Crippen molar-refractivity contribution in [1.29, 1.82) is 5.26 Å². The summed E-state index contributed by atoms with van der Waals surface area (Å²) in [6.07, 6.45) is 5.10. The fourth-order valence-electron chi connectivity index (χ4n) is 2.14. The van der Waals surface area contributed by atoms with Gasteiger partial charge in [0.1, 0.15) is 17.4 Å². The van der Waals surface area contributed by atoms with Gasteiger partial charge in [-0.2, -0.15) is 5.26 Å². The molecule has 6 heteroatoms. The van der Waals surface area contributed by atoms with Gasteiger partial charge in [0.25, 0.3) is 5.56 Å². The smallest absolute Gasteiger partial charge is 0.270 e. The Labute approximate surface area is 139 Å². The summed E-state index contributed by atoms with van der Waals surface area (Å²) in [4.78, 5) is 19.0. The summed E-state index contributed by atoms with van der Waals surface area (Å²) >= 11 is 1.33. The lowest BCUT2D eigenvalue weighted by molar-refractivity contribution is 0.306. The fraction of sp³-hybridized carbons (Fsp3) is 0.353. The van der Waals surface area contributed by atoms with E-state index in [9.17, 15) is 10.1 Å². The molecule has 0 saturated heterocycles. The maximum Gasteiger partial charge on any atom is 0.270 e. The summed E-state index contributed by atoms with van der Waals surface area (Å²) < 4.78 is 5.73. The number of nitriles is 1. The molecule has 0 aliphatic carbocycles. The second-order valence-corrected chi connectivity index (χ2v) is 5.79. The third-order valence-electron chi connectivity index (χ3n) is 3.33. The monoisotopic (exact) mass is 329 g/mol. The molecule has 1 aromatic heterocycles. The van der Waals surface area contributed by atoms with Gasteiger partial charge in [0.15, 0.2) is 5.16 Å². The Morgan fingerprint density at radius 2 is 2.22 bits per heavy atom. The van der Waals surface area contributed by atoms with Gasteiger partial charge in [-0.1, -0.05) is 43.7 Å². The van der Waals surface area contributed by atoms with E-state index in [-0.39, 0.29) is 5.56 Å². The van der Waals surface area contributed by atoms with Crippen molar-refractivity contribution in [1.82, 2.24) is 9.97 Å². The fourth-order valence-corrected chi connectivity index (χ4v) is 2.51. The molecule has 0 radical (unpaired) electrons. The Bertz CT molecular complexity index is 765. The molecule has 1 aromatic carbocycles. The van der Waals surface area contributed by atoms with Crippen molar-refractivity contribution < 1.29 is 4.74 Å². The van der Waals surface area contributed by atoms with E-state index in [1.165, 1.54) is 11.8 Å². The van der Waals surface area contributed by atoms with Gasteiger partial charge in [0, 0.05) is 5.56 Å². The third kappa shape index (κ3) is 4.36. The maximum atomic E-state index is 12.0. The molecule has 2 aromatic rings. The van der Waals surface area contributed by atoms with Crippen LogP contribution in [0.3, 0.4) is 0 Å². The van der Waals surface area contributed by atoms with Crippen LogP contribution in [0.5, 0.6) is 5.75 Å². The van der Waals surface area contributed by atoms with E-state index in [2.05, 4.69) is 16.9 Å². The number of aromatic nitrogens is 2. The first-order valence-corrected chi connectivity index (χ1v) is 8.73. The molecule has 0 saturated carbocycles. The first-order chi connectivity index (χ1) is 11.2. The van der Waals surface area contributed by atoms with Gasteiger partial charge < -0.3 is 9.72 Å². The normalized spacial score (nSPS) is 10.3. The Hall–Kier alpha value is -2.26. The van der Waals surface area contributed by atoms with Gasteiger partial charge in [0.05, 0.1) is 12.3 Å². The molecule has 0 atom stereocenters. The van der Waals surface area contributed by atoms with Crippen LogP contribution in [0, 0.1) is 11.3 Å². The number of nitrogens with zero attached hydrogens (tertiary/aromatic N) is 2. The van der Waals surface area contributed by atoms with E-state index in [1.54, 1.807) is 0 Å². The van der Waals surface area contributed by atoms with Crippen LogP contribution in [-0.4, -0.2) is 22.8 Å². The zero-order valence-corrected chi connectivity index (χ0v) is 14.1. The lowest BCUT2D eigenvalue weighted by Gasteiger charge is -2.09. The van der Waals surface area contributed by atoms with E-state index in [0.29, 0.717) is 23.0 Å². The van der Waals surface area contributed by atoms with Crippen molar-refractivity contribution in [2.75, 3.05) is 12.9 Å². The molecule has 120 valence electrons. The minimum absolute atomic E-state index is 0.0194. The Balaban J connectivity index is 2.33. The first-order valence-electron chi connectivity index (χ1n) is 7.51. The van der Waals surface area contributed by atoms with Gasteiger partial charge in [-0.25, -0.2) is 4.98 Å². The topological polar surface area (TPSA) is 78.8 Å². The lowest BCUT2D eigenvalue weighted by Crippen LogP contribution is -2.14. The van der Waals surface area contributed by atoms with Gasteiger partial charge in [0.2, 0.25) is 0 Å². The molecule has 5 nitrogen and oxygen atoms in total. The molecule has 0 unspecified atom stereocenters. The zero-order valence-electron chi connectivity index (χ0n) is 13.3. The standard InChI is InChI=1S/C17H19N3O2S/c1-3-4-5-9-22-13-8-6-7-12(10-13)15-14(11-18)16(21)20-17(19-15)23-2/h6-8,10H,3-5,9H2,1-2H3,(H,19,20,21). The highest BCUT2D eigenvalue weighted by Gasteiger charge is 2.13. The summed E-state index contributed by atoms with van der Waals surface area (Å²) in [5.41, 5.74) is 0.692. The minimum Gasteiger partial charge on any atom is -0.494 e. The average Bonchev–Trinajstić information content (AvgIpc) is 2.58. The number of benzene rings is 1. The van der Waals surface area contributed by atoms with E-state index in [1.807, 2.05) is 36.6 Å². The Kier molecular flexibility index (Phi) is 6.24. The van der Waals surface area contributed by atoms with Crippen LogP contribution in [-0.2, 0) is 0 Å². The van der Waals surface area contributed by atoms with Crippen LogP contribution in [0.1, 0.15) is 31.7 Å². The van der Waals surface area contributed by atoms with Gasteiger partial charge >= 0.3 is 0 Å². The van der Waals surface area contributed by atoms with Gasteiger partial charge in [-0.05, 0) is 24.8 Å². The van der Waals surface area contributed by atoms with Crippen LogP contribution in [0.2, 0.25) is 0 Å². The van der Waals surface area contributed by atoms with Crippen molar-refractivity contribution >= 4 is 11.8 Å². The summed E-state index contributed by atoms with van der Waals surface area (Å²) in [6.45, 7) is 2.80. The predicted octanol–water partition coefficient (Wildman–Crippen LogP) is 3.60. The van der Waals surface area contributed by atoms with Crippen LogP contribution < -0.4 is 10.3 Å². The average molecular weight is 329 g/mol. The molecule has 23 heavy (non-hydrogen) atoms. The van der Waals surface area contributed by atoms with Crippen LogP contribution in [0.25, 0.3) is 11.3 Å². The summed E-state index contributed by atoms with van der Waals surface area (Å²) in [5, 5.41) is 9.73. The molecule has 0 fully saturated rings. The largest absolute Gasteiger partial charge is 0.494 e. The summed E-state index contributed by atoms with van der Waals surface area (Å²) in [7, 11) is 0. The Morgan fingerprint density at radius 1 is 1.39 bits per heavy atom. The third-order valence-corrected chi connectivity index (χ3v) is 3.91. The highest BCUT2D eigenvalue weighted by molar-refractivity contribution is 7.98. The number of unbranched alkanes of at least 4 members (excludes halogenated alkanes) is 2. The number of rotatable bonds is 7. The Morgan fingerprint density at radius 3 is 2.91 bits per heavy atom. The van der Waals surface area contributed by atoms with E-state index in [4.69, 9.17) is 4.74 Å². The van der Waals surface area contributed by atoms with Gasteiger partial charge in [-0.15, -0.1) is 0 Å². The SMILES string of the molecule is CCCCCOc1cccc(-c2nc(SC)[nH]c(=O)c2C#N)c1. The number of hydrogen-bond acceptors (Lipinski definition) is 5. The van der Waals surface area contributed by atoms with E-state index < -0.39 is 5.56 Å². The van der Waals surface area contributed by atoms with Crippen molar-refractivity contribution in [3.8, 4) is 23.1 Å². The van der Waals surface area contributed by atoms with Crippen molar-refractivity contribution in [3.63, 3.8) is 0 Å². The highest BCUT2D eigenvalue weighted by atomic mass is 32.2. The quantitative estimate of drug-likeness (QED) is 0.477. The molecule has 2 rings (SSSR count). The molecule has 0 aliphatic heterocycles. The van der Waals surface area contributed by atoms with Crippen LogP contribution >= 0.6 is 11.8 Å². The predicted molar refractivity (Wildman–Crippen MR) is 91.8 cm³/mol. The molecule has 0 bridgehead atoms. The summed E-state index contributed by atoms with van der Waals surface area (Å²) in [5.74, 6) is 0.718. The minimum atomic E-state index is -0.420. The lowest BCUT2D eigenvalue weighted by atomic mass is 10.1. The number of aromatic amines is 1. The molecule has 0 aliphatic rings. The molecule has 0 spiro atoms. The molecular formula is C17H19N3O2S. The number of H-pyrrole nitrogens is 1. The van der Waals surface area contributed by atoms with Crippen molar-refractivity contribution in [2.24, 2.45) is 0 Å². The number of thioether (sulfide) groups is 1. The van der Waals surface area contributed by atoms with E-state index >= 15 is 0 Å². The zero-order chi connectivity index (χ0) is 16.7. The van der Waals surface area contributed by atoms with E-state index in [0.717, 1.165) is 25.0 Å². The molecule has 0 amide bonds. The number of hydrogen-bond donors (Lipinski definition) is 1. The maximum absolute atomic E-state index is 12.0. The second-order valence-electron chi connectivity index (χ2n) is 4.99. The molecule has 1 heterocycles. The van der Waals surface area contributed by atoms with Gasteiger partial charge in [-0.3, -0.25) is 4.79 Å². The summed E-state index contributed by atoms with van der Waals surface area (Å²) in [6, 6.07) is 9.29. The first kappa shape index (κ1) is 17.1. The van der Waals surface area contributed by atoms with Crippen LogP contribution in [0.15, 0.2) is 34.2 Å². The number of nitrogens with one attached hydrogen (secondary N) is 1. The van der Waals surface area contributed by atoms with Crippen molar-refractivity contribution in [3.05, 3.63) is 40.2 Å². The highest BCUT2D eigenvalue weighted by Crippen LogP contribution is 2.25. The number of ether oxygens (including phenoxy) is 1. The van der Waals surface area contributed by atoms with Crippen molar-refractivity contribution in [2.45, 2.75) is 31.3 Å².